The zero-order valence-corrected chi connectivity index (χ0v) is 9.66. The highest BCUT2D eigenvalue weighted by Crippen LogP contribution is 2.33. The number of nitrogens with zero attached hydrogens (tertiary/aromatic N) is 2. The van der Waals surface area contributed by atoms with Crippen molar-refractivity contribution in [2.45, 2.75) is 46.1 Å². The number of hydrogen-bond acceptors (Lipinski definition) is 4. The quantitative estimate of drug-likeness (QED) is 0.827. The first kappa shape index (κ1) is 10.6. The molecule has 1 fully saturated rings. The van der Waals surface area contributed by atoms with E-state index < -0.39 is 0 Å². The van der Waals surface area contributed by atoms with Gasteiger partial charge >= 0.3 is 0 Å². The Morgan fingerprint density at radius 1 is 1.47 bits per heavy atom. The van der Waals surface area contributed by atoms with Crippen molar-refractivity contribution < 1.29 is 4.52 Å². The number of nitrogens with two attached hydrogens (primary N) is 1. The molecule has 2 N–H and O–H groups in total. The van der Waals surface area contributed by atoms with Crippen LogP contribution in [0.3, 0.4) is 0 Å². The van der Waals surface area contributed by atoms with Gasteiger partial charge < -0.3 is 10.3 Å². The molecule has 1 saturated carbocycles. The third kappa shape index (κ3) is 2.56. The van der Waals surface area contributed by atoms with Gasteiger partial charge in [-0.1, -0.05) is 25.9 Å². The first-order chi connectivity index (χ1) is 6.97. The summed E-state index contributed by atoms with van der Waals surface area (Å²) in [5, 5.41) is 3.96. The lowest BCUT2D eigenvalue weighted by atomic mass is 9.87. The fourth-order valence-corrected chi connectivity index (χ4v) is 1.43. The second-order valence-electron chi connectivity index (χ2n) is 5.54. The molecule has 0 bridgehead atoms. The minimum absolute atomic E-state index is 0.0383. The van der Waals surface area contributed by atoms with Crippen molar-refractivity contribution in [2.75, 3.05) is 0 Å². The van der Waals surface area contributed by atoms with E-state index in [0.717, 1.165) is 18.2 Å². The van der Waals surface area contributed by atoms with E-state index in [1.165, 1.54) is 12.8 Å². The van der Waals surface area contributed by atoms with Crippen molar-refractivity contribution in [1.29, 1.82) is 0 Å². The van der Waals surface area contributed by atoms with Crippen molar-refractivity contribution in [3.63, 3.8) is 0 Å². The normalized spacial score (nSPS) is 19.2. The topological polar surface area (TPSA) is 64.9 Å². The molecule has 0 amide bonds. The Bertz CT molecular complexity index is 336. The van der Waals surface area contributed by atoms with Crippen LogP contribution in [0.1, 0.15) is 51.4 Å². The molecule has 0 aromatic carbocycles. The third-order valence-corrected chi connectivity index (χ3v) is 2.85. The lowest BCUT2D eigenvalue weighted by Crippen LogP contribution is -2.26. The van der Waals surface area contributed by atoms with Crippen molar-refractivity contribution in [3.05, 3.63) is 11.7 Å². The highest BCUT2D eigenvalue weighted by molar-refractivity contribution is 4.98. The van der Waals surface area contributed by atoms with Crippen LogP contribution >= 0.6 is 0 Å². The van der Waals surface area contributed by atoms with Crippen LogP contribution < -0.4 is 5.73 Å². The Kier molecular flexibility index (Phi) is 2.54. The molecule has 1 heterocycles. The molecular formula is C11H19N3O. The molecule has 1 atom stereocenters. The standard InChI is InChI=1S/C11H19N3O/c1-11(2,3)9(12)10-13-8(14-15-10)6-7-4-5-7/h7,9H,4-6,12H2,1-3H3/t9-/m0/s1. The van der Waals surface area contributed by atoms with Crippen molar-refractivity contribution in [1.82, 2.24) is 10.1 Å². The van der Waals surface area contributed by atoms with Gasteiger partial charge in [-0.3, -0.25) is 0 Å². The van der Waals surface area contributed by atoms with Gasteiger partial charge in [-0.05, 0) is 24.2 Å². The van der Waals surface area contributed by atoms with Crippen LogP contribution in [0, 0.1) is 11.3 Å². The van der Waals surface area contributed by atoms with E-state index >= 15 is 0 Å². The monoisotopic (exact) mass is 209 g/mol. The van der Waals surface area contributed by atoms with Crippen LogP contribution in [0.15, 0.2) is 4.52 Å². The van der Waals surface area contributed by atoms with Crippen LogP contribution in [0.2, 0.25) is 0 Å². The summed E-state index contributed by atoms with van der Waals surface area (Å²) in [4.78, 5) is 4.35. The van der Waals surface area contributed by atoms with E-state index in [-0.39, 0.29) is 11.5 Å². The summed E-state index contributed by atoms with van der Waals surface area (Å²) in [6.45, 7) is 6.22. The number of rotatable bonds is 3. The Hall–Kier alpha value is -0.900. The van der Waals surface area contributed by atoms with E-state index in [1.54, 1.807) is 0 Å². The highest BCUT2D eigenvalue weighted by atomic mass is 16.5. The highest BCUT2D eigenvalue weighted by Gasteiger charge is 2.29. The predicted molar refractivity (Wildman–Crippen MR) is 57.1 cm³/mol. The SMILES string of the molecule is CC(C)(C)[C@@H](N)c1nc(CC2CC2)no1. The molecule has 0 spiro atoms. The average Bonchev–Trinajstić information content (AvgIpc) is 2.80. The van der Waals surface area contributed by atoms with Crippen molar-refractivity contribution in [2.24, 2.45) is 17.1 Å². The second-order valence-corrected chi connectivity index (χ2v) is 5.54. The van der Waals surface area contributed by atoms with Crippen molar-refractivity contribution >= 4 is 0 Å². The van der Waals surface area contributed by atoms with Crippen LogP contribution in [0.4, 0.5) is 0 Å². The molecule has 1 aromatic heterocycles. The fraction of sp³-hybridized carbons (Fsp3) is 0.818. The maximum atomic E-state index is 6.04. The van der Waals surface area contributed by atoms with E-state index in [0.29, 0.717) is 5.89 Å². The molecule has 15 heavy (non-hydrogen) atoms. The lowest BCUT2D eigenvalue weighted by Gasteiger charge is -2.23. The minimum Gasteiger partial charge on any atom is -0.338 e. The molecule has 2 rings (SSSR count). The maximum absolute atomic E-state index is 6.04. The van der Waals surface area contributed by atoms with Gasteiger partial charge in [0.2, 0.25) is 5.89 Å². The average molecular weight is 209 g/mol. The molecule has 1 aliphatic rings. The van der Waals surface area contributed by atoms with E-state index in [4.69, 9.17) is 10.3 Å². The molecule has 0 aliphatic heterocycles. The lowest BCUT2D eigenvalue weighted by molar-refractivity contribution is 0.252. The summed E-state index contributed by atoms with van der Waals surface area (Å²) in [5.74, 6) is 2.16. The van der Waals surface area contributed by atoms with Crippen LogP contribution in [-0.2, 0) is 6.42 Å². The van der Waals surface area contributed by atoms with Crippen LogP contribution in [0.25, 0.3) is 0 Å². The van der Waals surface area contributed by atoms with Crippen molar-refractivity contribution in [3.8, 4) is 0 Å². The minimum atomic E-state index is -0.182. The number of hydrogen-bond donors (Lipinski definition) is 1. The van der Waals surface area contributed by atoms with E-state index in [2.05, 4.69) is 30.9 Å². The van der Waals surface area contributed by atoms with E-state index in [1.807, 2.05) is 0 Å². The fourth-order valence-electron chi connectivity index (χ4n) is 1.43. The van der Waals surface area contributed by atoms with E-state index in [9.17, 15) is 0 Å². The van der Waals surface area contributed by atoms with Crippen LogP contribution in [0.5, 0.6) is 0 Å². The summed E-state index contributed by atoms with van der Waals surface area (Å²) in [6.07, 6.45) is 3.55. The molecule has 1 aliphatic carbocycles. The Morgan fingerprint density at radius 3 is 2.67 bits per heavy atom. The third-order valence-electron chi connectivity index (χ3n) is 2.85. The van der Waals surface area contributed by atoms with Gasteiger partial charge in [0.05, 0.1) is 6.04 Å². The first-order valence-electron chi connectivity index (χ1n) is 5.55. The zero-order chi connectivity index (χ0) is 11.1. The smallest absolute Gasteiger partial charge is 0.244 e. The summed E-state index contributed by atoms with van der Waals surface area (Å²) in [6, 6.07) is -0.182. The Morgan fingerprint density at radius 2 is 2.13 bits per heavy atom. The van der Waals surface area contributed by atoms with Crippen LogP contribution in [-0.4, -0.2) is 10.1 Å². The largest absolute Gasteiger partial charge is 0.338 e. The van der Waals surface area contributed by atoms with Gasteiger partial charge in [-0.25, -0.2) is 0 Å². The summed E-state index contributed by atoms with van der Waals surface area (Å²) < 4.78 is 5.20. The summed E-state index contributed by atoms with van der Waals surface area (Å²) in [7, 11) is 0. The zero-order valence-electron chi connectivity index (χ0n) is 9.66. The van der Waals surface area contributed by atoms with Gasteiger partial charge in [-0.2, -0.15) is 4.98 Å². The maximum Gasteiger partial charge on any atom is 0.244 e. The first-order valence-corrected chi connectivity index (χ1v) is 5.55. The number of aromatic nitrogens is 2. The predicted octanol–water partition coefficient (Wildman–Crippen LogP) is 2.07. The second kappa shape index (κ2) is 3.59. The Balaban J connectivity index is 2.05. The molecule has 0 radical (unpaired) electrons. The molecule has 1 aromatic rings. The molecule has 4 heteroatoms. The van der Waals surface area contributed by atoms with Gasteiger partial charge in [0, 0.05) is 6.42 Å². The molecule has 4 nitrogen and oxygen atoms in total. The molecular weight excluding hydrogens is 190 g/mol. The molecule has 0 unspecified atom stereocenters. The Labute approximate surface area is 90.2 Å². The molecule has 0 saturated heterocycles. The van der Waals surface area contributed by atoms with Gasteiger partial charge in [0.15, 0.2) is 5.82 Å². The summed E-state index contributed by atoms with van der Waals surface area (Å²) >= 11 is 0. The molecule has 84 valence electrons. The summed E-state index contributed by atoms with van der Waals surface area (Å²) in [5.41, 5.74) is 6.00. The van der Waals surface area contributed by atoms with Gasteiger partial charge in [0.1, 0.15) is 0 Å². The van der Waals surface area contributed by atoms with Gasteiger partial charge in [-0.15, -0.1) is 0 Å². The van der Waals surface area contributed by atoms with Gasteiger partial charge in [0.25, 0.3) is 0 Å².